The zero-order valence-electron chi connectivity index (χ0n) is 16.0. The van der Waals surface area contributed by atoms with Gasteiger partial charge in [-0.05, 0) is 25.7 Å². The lowest BCUT2D eigenvalue weighted by Gasteiger charge is -2.29. The van der Waals surface area contributed by atoms with E-state index in [1.165, 1.54) is 4.90 Å². The quantitative estimate of drug-likeness (QED) is 0.0773. The maximum Gasteiger partial charge on any atom is 0.322 e. The maximum atomic E-state index is 13.0. The molecule has 3 atom stereocenters. The van der Waals surface area contributed by atoms with E-state index in [1.807, 2.05) is 0 Å². The Morgan fingerprint density at radius 3 is 2.55 bits per heavy atom. The highest BCUT2D eigenvalue weighted by atomic mass is 32.1. The van der Waals surface area contributed by atoms with Crippen LogP contribution in [-0.2, 0) is 19.2 Å². The second-order valence-electron chi connectivity index (χ2n) is 6.60. The minimum absolute atomic E-state index is 0.0799. The molecule has 1 aliphatic rings. The second kappa shape index (κ2) is 12.1. The van der Waals surface area contributed by atoms with E-state index in [4.69, 9.17) is 22.3 Å². The number of likely N-dealkylation sites (tertiary alicyclic amines) is 1. The third-order valence-corrected chi connectivity index (χ3v) is 4.74. The Balaban J connectivity index is 2.86. The largest absolute Gasteiger partial charge is 0.480 e. The highest BCUT2D eigenvalue weighted by Crippen LogP contribution is 2.19. The third kappa shape index (κ3) is 8.15. The van der Waals surface area contributed by atoms with Crippen LogP contribution in [0.15, 0.2) is 4.99 Å². The van der Waals surface area contributed by atoms with Crippen LogP contribution in [0, 0.1) is 0 Å². The monoisotopic (exact) mass is 431 g/mol. The summed E-state index contributed by atoms with van der Waals surface area (Å²) in [6.45, 7) is 0.0544. The van der Waals surface area contributed by atoms with Crippen molar-refractivity contribution in [2.45, 2.75) is 43.8 Å². The Morgan fingerprint density at radius 2 is 1.97 bits per heavy atom. The number of nitrogens with two attached hydrogens (primary N) is 3. The van der Waals surface area contributed by atoms with Crippen LogP contribution in [0.5, 0.6) is 0 Å². The predicted octanol–water partition coefficient (Wildman–Crippen LogP) is -3.03. The van der Waals surface area contributed by atoms with E-state index in [0.717, 1.165) is 0 Å². The molecule has 1 saturated heterocycles. The van der Waals surface area contributed by atoms with Crippen molar-refractivity contribution in [3.63, 3.8) is 0 Å². The Morgan fingerprint density at radius 1 is 1.28 bits per heavy atom. The molecule has 9 N–H and O–H groups in total. The van der Waals surface area contributed by atoms with E-state index in [2.05, 4.69) is 28.3 Å². The first-order chi connectivity index (χ1) is 13.7. The average molecular weight is 432 g/mol. The molecule has 0 aromatic heterocycles. The number of nitrogens with zero attached hydrogens (tertiary/aromatic N) is 2. The summed E-state index contributed by atoms with van der Waals surface area (Å²) < 4.78 is 0. The summed E-state index contributed by atoms with van der Waals surface area (Å²) in [5.41, 5.74) is 16.2. The molecule has 13 heteroatoms. The molecule has 29 heavy (non-hydrogen) atoms. The van der Waals surface area contributed by atoms with Crippen LogP contribution in [0.2, 0.25) is 0 Å². The molecule has 0 bridgehead atoms. The van der Waals surface area contributed by atoms with Gasteiger partial charge in [0.05, 0.1) is 6.04 Å². The molecule has 0 aliphatic carbocycles. The molecule has 3 amide bonds. The molecule has 1 fully saturated rings. The lowest BCUT2D eigenvalue weighted by molar-refractivity contribution is -0.143. The number of carbonyl (C=O) groups is 4. The summed E-state index contributed by atoms with van der Waals surface area (Å²) in [7, 11) is 0. The molecule has 0 aromatic rings. The van der Waals surface area contributed by atoms with Gasteiger partial charge in [0.25, 0.3) is 0 Å². The fourth-order valence-electron chi connectivity index (χ4n) is 2.91. The number of hydrogen-bond acceptors (Lipinski definition) is 7. The summed E-state index contributed by atoms with van der Waals surface area (Å²) in [6, 6.07) is -2.60. The maximum absolute atomic E-state index is 13.0. The van der Waals surface area contributed by atoms with Crippen molar-refractivity contribution >= 4 is 42.3 Å². The number of nitrogens with one attached hydrogen (secondary N) is 2. The van der Waals surface area contributed by atoms with E-state index in [9.17, 15) is 19.2 Å². The van der Waals surface area contributed by atoms with Crippen molar-refractivity contribution in [1.82, 2.24) is 15.5 Å². The number of aliphatic carboxylic acids is 1. The molecule has 12 nitrogen and oxygen atoms in total. The molecular formula is C16H29N7O5S. The van der Waals surface area contributed by atoms with Crippen molar-refractivity contribution in [3.8, 4) is 0 Å². The Labute approximate surface area is 174 Å². The number of hydrogen-bond donors (Lipinski definition) is 7. The first kappa shape index (κ1) is 24.5. The second-order valence-corrected chi connectivity index (χ2v) is 6.97. The van der Waals surface area contributed by atoms with Crippen LogP contribution in [0.1, 0.15) is 25.7 Å². The van der Waals surface area contributed by atoms with E-state index >= 15 is 0 Å². The Hall–Kier alpha value is -2.54. The van der Waals surface area contributed by atoms with Crippen molar-refractivity contribution in [1.29, 1.82) is 0 Å². The fraction of sp³-hybridized carbons (Fsp3) is 0.688. The number of carboxylic acid groups (broad SMARTS) is 1. The first-order valence-corrected chi connectivity index (χ1v) is 9.82. The van der Waals surface area contributed by atoms with Crippen LogP contribution >= 0.6 is 12.6 Å². The standard InChI is InChI=1S/C16H29N7O5S/c17-9(8-29)13(26)22-10(3-1-5-20-16(18)19)15(28)23-6-2-4-11(23)14(27)21-7-12(24)25/h9-11,29H,1-8,17H2,(H,21,27)(H,22,26)(H,24,25)(H4,18,19,20). The number of rotatable bonds is 11. The minimum atomic E-state index is -1.18. The van der Waals surface area contributed by atoms with Gasteiger partial charge in [0, 0.05) is 18.8 Å². The molecule has 0 radical (unpaired) electrons. The molecule has 1 aliphatic heterocycles. The van der Waals surface area contributed by atoms with Gasteiger partial charge in [-0.3, -0.25) is 24.2 Å². The van der Waals surface area contributed by atoms with E-state index in [0.29, 0.717) is 25.8 Å². The van der Waals surface area contributed by atoms with Crippen LogP contribution in [0.4, 0.5) is 0 Å². The Kier molecular flexibility index (Phi) is 10.2. The number of carbonyl (C=O) groups excluding carboxylic acids is 3. The van der Waals surface area contributed by atoms with Crippen LogP contribution < -0.4 is 27.8 Å². The molecule has 3 unspecified atom stereocenters. The summed E-state index contributed by atoms with van der Waals surface area (Å²) in [6.07, 6.45) is 1.64. The van der Waals surface area contributed by atoms with Gasteiger partial charge in [0.15, 0.2) is 5.96 Å². The Bertz CT molecular complexity index is 641. The number of amides is 3. The zero-order chi connectivity index (χ0) is 22.0. The van der Waals surface area contributed by atoms with Gasteiger partial charge in [-0.2, -0.15) is 12.6 Å². The molecule has 1 rings (SSSR count). The summed E-state index contributed by atoms with van der Waals surface area (Å²) in [4.78, 5) is 53.3. The average Bonchev–Trinajstić information content (AvgIpc) is 3.16. The summed E-state index contributed by atoms with van der Waals surface area (Å²) in [5, 5.41) is 13.6. The highest BCUT2D eigenvalue weighted by molar-refractivity contribution is 7.80. The molecular weight excluding hydrogens is 402 g/mol. The molecule has 0 aromatic carbocycles. The van der Waals surface area contributed by atoms with Gasteiger partial charge in [0.1, 0.15) is 18.6 Å². The fourth-order valence-corrected chi connectivity index (χ4v) is 3.07. The molecule has 164 valence electrons. The lowest BCUT2D eigenvalue weighted by atomic mass is 10.1. The number of guanidine groups is 1. The van der Waals surface area contributed by atoms with Crippen molar-refractivity contribution in [3.05, 3.63) is 0 Å². The van der Waals surface area contributed by atoms with Gasteiger partial charge in [0.2, 0.25) is 17.7 Å². The van der Waals surface area contributed by atoms with E-state index in [1.54, 1.807) is 0 Å². The van der Waals surface area contributed by atoms with Crippen molar-refractivity contribution < 1.29 is 24.3 Å². The summed E-state index contributed by atoms with van der Waals surface area (Å²) in [5.74, 6) is -2.68. The smallest absolute Gasteiger partial charge is 0.322 e. The first-order valence-electron chi connectivity index (χ1n) is 9.19. The van der Waals surface area contributed by atoms with E-state index in [-0.39, 0.29) is 24.7 Å². The van der Waals surface area contributed by atoms with Crippen molar-refractivity contribution in [2.24, 2.45) is 22.2 Å². The summed E-state index contributed by atoms with van der Waals surface area (Å²) >= 11 is 3.98. The van der Waals surface area contributed by atoms with Crippen LogP contribution in [0.3, 0.4) is 0 Å². The third-order valence-electron chi connectivity index (χ3n) is 4.35. The van der Waals surface area contributed by atoms with Gasteiger partial charge in [-0.15, -0.1) is 0 Å². The number of thiol groups is 1. The van der Waals surface area contributed by atoms with Crippen molar-refractivity contribution in [2.75, 3.05) is 25.4 Å². The zero-order valence-corrected chi connectivity index (χ0v) is 16.9. The van der Waals surface area contributed by atoms with Gasteiger partial charge in [-0.25, -0.2) is 0 Å². The highest BCUT2D eigenvalue weighted by Gasteiger charge is 2.37. The van der Waals surface area contributed by atoms with Crippen LogP contribution in [-0.4, -0.2) is 83.2 Å². The van der Waals surface area contributed by atoms with E-state index < -0.39 is 48.4 Å². The molecule has 0 spiro atoms. The molecule has 1 heterocycles. The predicted molar refractivity (Wildman–Crippen MR) is 109 cm³/mol. The van der Waals surface area contributed by atoms with Crippen LogP contribution in [0.25, 0.3) is 0 Å². The van der Waals surface area contributed by atoms with Gasteiger partial charge in [-0.1, -0.05) is 0 Å². The topological polar surface area (TPSA) is 206 Å². The normalized spacial score (nSPS) is 17.9. The van der Waals surface area contributed by atoms with Gasteiger partial charge >= 0.3 is 5.97 Å². The SMILES string of the molecule is NC(N)=NCCCC(NC(=O)C(N)CS)C(=O)N1CCCC1C(=O)NCC(=O)O. The number of aliphatic imine (C=N–C) groups is 1. The minimum Gasteiger partial charge on any atom is -0.480 e. The number of carboxylic acids is 1. The molecule has 0 saturated carbocycles. The lowest BCUT2D eigenvalue weighted by Crippen LogP contribution is -2.56. The van der Waals surface area contributed by atoms with Gasteiger partial charge < -0.3 is 37.8 Å².